The first-order valence-corrected chi connectivity index (χ1v) is 9.67. The minimum Gasteiger partial charge on any atom is -0.391 e. The number of piperidine rings is 1. The fourth-order valence-electron chi connectivity index (χ4n) is 4.53. The molecule has 0 aromatic heterocycles. The Kier molecular flexibility index (Phi) is 6.20. The van der Waals surface area contributed by atoms with Crippen LogP contribution in [-0.2, 0) is 9.47 Å². The van der Waals surface area contributed by atoms with Gasteiger partial charge in [-0.2, -0.15) is 0 Å². The van der Waals surface area contributed by atoms with Crippen molar-refractivity contribution in [2.45, 2.75) is 50.9 Å². The molecule has 1 aliphatic carbocycles. The largest absolute Gasteiger partial charge is 0.391 e. The molecule has 2 amide bonds. The van der Waals surface area contributed by atoms with Crippen LogP contribution in [0.15, 0.2) is 0 Å². The van der Waals surface area contributed by atoms with Gasteiger partial charge in [-0.05, 0) is 32.1 Å². The Balaban J connectivity index is 1.56. The molecular weight excluding hydrogens is 322 g/mol. The van der Waals surface area contributed by atoms with Crippen molar-refractivity contribution in [1.29, 1.82) is 0 Å². The topological polar surface area (TPSA) is 74.3 Å². The molecule has 0 bridgehead atoms. The number of hydrogen-bond donors (Lipinski definition) is 2. The lowest BCUT2D eigenvalue weighted by Gasteiger charge is -2.55. The van der Waals surface area contributed by atoms with E-state index in [1.807, 2.05) is 6.92 Å². The SMILES string of the molecule is CCOC1CC(CNC(=O)N2C[C@@H](C)C[C@@H](O)C2)(N2CCOCC2)C1. The van der Waals surface area contributed by atoms with Crippen LogP contribution in [0.1, 0.15) is 33.1 Å². The molecule has 2 N–H and O–H groups in total. The number of nitrogens with one attached hydrogen (secondary N) is 1. The van der Waals surface area contributed by atoms with Crippen LogP contribution in [0.4, 0.5) is 4.79 Å². The molecule has 144 valence electrons. The predicted molar refractivity (Wildman–Crippen MR) is 94.5 cm³/mol. The number of hydrogen-bond acceptors (Lipinski definition) is 5. The number of carbonyl (C=O) groups is 1. The highest BCUT2D eigenvalue weighted by Gasteiger charge is 2.49. The second kappa shape index (κ2) is 8.20. The number of aliphatic hydroxyl groups excluding tert-OH is 1. The van der Waals surface area contributed by atoms with Crippen molar-refractivity contribution in [3.8, 4) is 0 Å². The molecule has 7 nitrogen and oxygen atoms in total. The van der Waals surface area contributed by atoms with E-state index in [2.05, 4.69) is 17.1 Å². The van der Waals surface area contributed by atoms with Crippen molar-refractivity contribution in [1.82, 2.24) is 15.1 Å². The third kappa shape index (κ3) is 4.45. The van der Waals surface area contributed by atoms with Crippen LogP contribution >= 0.6 is 0 Å². The highest BCUT2D eigenvalue weighted by molar-refractivity contribution is 5.74. The van der Waals surface area contributed by atoms with E-state index in [1.165, 1.54) is 0 Å². The third-order valence-corrected chi connectivity index (χ3v) is 5.79. The summed E-state index contributed by atoms with van der Waals surface area (Å²) in [5, 5.41) is 13.1. The molecule has 25 heavy (non-hydrogen) atoms. The Hall–Kier alpha value is -0.890. The van der Waals surface area contributed by atoms with Gasteiger partial charge in [0.2, 0.25) is 0 Å². The van der Waals surface area contributed by atoms with Gasteiger partial charge in [-0.3, -0.25) is 4.90 Å². The van der Waals surface area contributed by atoms with Crippen LogP contribution in [0.5, 0.6) is 0 Å². The quantitative estimate of drug-likeness (QED) is 0.758. The Bertz CT molecular complexity index is 440. The highest BCUT2D eigenvalue weighted by atomic mass is 16.5. The van der Waals surface area contributed by atoms with Gasteiger partial charge in [-0.1, -0.05) is 6.92 Å². The lowest BCUT2D eigenvalue weighted by Crippen LogP contribution is -2.67. The Morgan fingerprint density at radius 2 is 2.04 bits per heavy atom. The molecule has 2 saturated heterocycles. The molecule has 0 aromatic carbocycles. The minimum absolute atomic E-state index is 0.0146. The molecule has 0 unspecified atom stereocenters. The van der Waals surface area contributed by atoms with Gasteiger partial charge in [0.15, 0.2) is 0 Å². The summed E-state index contributed by atoms with van der Waals surface area (Å²) in [5.41, 5.74) is -0.0146. The summed E-state index contributed by atoms with van der Waals surface area (Å²) < 4.78 is 11.2. The molecule has 3 aliphatic rings. The number of nitrogens with zero attached hydrogens (tertiary/aromatic N) is 2. The molecule has 0 spiro atoms. The average molecular weight is 355 g/mol. The molecule has 0 aromatic rings. The Morgan fingerprint density at radius 3 is 2.68 bits per heavy atom. The van der Waals surface area contributed by atoms with Crippen LogP contribution in [0, 0.1) is 5.92 Å². The molecule has 2 aliphatic heterocycles. The molecule has 2 atom stereocenters. The molecule has 3 fully saturated rings. The monoisotopic (exact) mass is 355 g/mol. The van der Waals surface area contributed by atoms with Gasteiger partial charge in [0.25, 0.3) is 0 Å². The molecule has 3 rings (SSSR count). The van der Waals surface area contributed by atoms with E-state index in [-0.39, 0.29) is 11.6 Å². The number of morpholine rings is 1. The van der Waals surface area contributed by atoms with Crippen molar-refractivity contribution in [2.24, 2.45) is 5.92 Å². The van der Waals surface area contributed by atoms with Gasteiger partial charge in [0.05, 0.1) is 25.4 Å². The first-order valence-electron chi connectivity index (χ1n) is 9.67. The maximum atomic E-state index is 12.6. The van der Waals surface area contributed by atoms with Crippen molar-refractivity contribution in [3.05, 3.63) is 0 Å². The number of amides is 2. The van der Waals surface area contributed by atoms with Gasteiger partial charge in [-0.15, -0.1) is 0 Å². The van der Waals surface area contributed by atoms with E-state index in [9.17, 15) is 9.90 Å². The van der Waals surface area contributed by atoms with Gasteiger partial charge < -0.3 is 24.8 Å². The van der Waals surface area contributed by atoms with E-state index in [0.717, 1.165) is 58.7 Å². The summed E-state index contributed by atoms with van der Waals surface area (Å²) in [4.78, 5) is 16.8. The standard InChI is InChI=1S/C18H33N3O4/c1-3-25-16-9-18(10-16,21-4-6-24-7-5-21)13-19-17(23)20-11-14(2)8-15(22)12-20/h14-16,22H,3-13H2,1-2H3,(H,19,23)/t14-,15+,16?,18?/m0/s1. The number of carbonyl (C=O) groups excluding carboxylic acids is 1. The van der Waals surface area contributed by atoms with Crippen molar-refractivity contribution in [2.75, 3.05) is 52.5 Å². The zero-order valence-corrected chi connectivity index (χ0v) is 15.6. The molecule has 0 radical (unpaired) electrons. The lowest BCUT2D eigenvalue weighted by atomic mass is 9.72. The number of urea groups is 1. The molecule has 2 heterocycles. The van der Waals surface area contributed by atoms with E-state index >= 15 is 0 Å². The first kappa shape index (κ1) is 18.9. The second-order valence-corrected chi connectivity index (χ2v) is 7.87. The summed E-state index contributed by atoms with van der Waals surface area (Å²) >= 11 is 0. The van der Waals surface area contributed by atoms with E-state index in [1.54, 1.807) is 4.90 Å². The lowest BCUT2D eigenvalue weighted by molar-refractivity contribution is -0.125. The zero-order valence-electron chi connectivity index (χ0n) is 15.6. The predicted octanol–water partition coefficient (Wildman–Crippen LogP) is 0.669. The van der Waals surface area contributed by atoms with Crippen molar-refractivity contribution >= 4 is 6.03 Å². The molecule has 1 saturated carbocycles. The first-order chi connectivity index (χ1) is 12.0. The maximum absolute atomic E-state index is 12.6. The number of aliphatic hydroxyl groups is 1. The van der Waals surface area contributed by atoms with Gasteiger partial charge >= 0.3 is 6.03 Å². The summed E-state index contributed by atoms with van der Waals surface area (Å²) in [5.74, 6) is 0.341. The zero-order chi connectivity index (χ0) is 17.9. The fraction of sp³-hybridized carbons (Fsp3) is 0.944. The van der Waals surface area contributed by atoms with Crippen LogP contribution in [-0.4, -0.2) is 91.2 Å². The number of ether oxygens (including phenoxy) is 2. The van der Waals surface area contributed by atoms with Crippen molar-refractivity contribution in [3.63, 3.8) is 0 Å². The van der Waals surface area contributed by atoms with E-state index in [4.69, 9.17) is 9.47 Å². The Morgan fingerprint density at radius 1 is 1.32 bits per heavy atom. The van der Waals surface area contributed by atoms with Gasteiger partial charge in [-0.25, -0.2) is 4.79 Å². The van der Waals surface area contributed by atoms with E-state index in [0.29, 0.717) is 25.1 Å². The minimum atomic E-state index is -0.409. The summed E-state index contributed by atoms with van der Waals surface area (Å²) in [6, 6.07) is -0.0573. The summed E-state index contributed by atoms with van der Waals surface area (Å²) in [6.45, 7) is 9.96. The van der Waals surface area contributed by atoms with Crippen LogP contribution < -0.4 is 5.32 Å². The summed E-state index contributed by atoms with van der Waals surface area (Å²) in [7, 11) is 0. The number of β-amino-alcohol motifs (C(OH)–C–C–N with tert-alkyl or cyclic N) is 1. The Labute approximate surface area is 150 Å². The van der Waals surface area contributed by atoms with Gasteiger partial charge in [0.1, 0.15) is 0 Å². The van der Waals surface area contributed by atoms with Crippen LogP contribution in [0.2, 0.25) is 0 Å². The number of rotatable bonds is 5. The highest BCUT2D eigenvalue weighted by Crippen LogP contribution is 2.40. The smallest absolute Gasteiger partial charge is 0.317 e. The molecular formula is C18H33N3O4. The maximum Gasteiger partial charge on any atom is 0.317 e. The van der Waals surface area contributed by atoms with Crippen LogP contribution in [0.25, 0.3) is 0 Å². The van der Waals surface area contributed by atoms with Gasteiger partial charge in [0, 0.05) is 44.9 Å². The molecule has 7 heteroatoms. The summed E-state index contributed by atoms with van der Waals surface area (Å²) in [6.07, 6.45) is 2.58. The third-order valence-electron chi connectivity index (χ3n) is 5.79. The van der Waals surface area contributed by atoms with Crippen molar-refractivity contribution < 1.29 is 19.4 Å². The fourth-order valence-corrected chi connectivity index (χ4v) is 4.53. The number of likely N-dealkylation sites (tertiary alicyclic amines) is 1. The van der Waals surface area contributed by atoms with Crippen LogP contribution in [0.3, 0.4) is 0 Å². The van der Waals surface area contributed by atoms with E-state index < -0.39 is 6.10 Å². The average Bonchev–Trinajstić information content (AvgIpc) is 2.56. The second-order valence-electron chi connectivity index (χ2n) is 7.87. The normalized spacial score (nSPS) is 36.8.